The van der Waals surface area contributed by atoms with Gasteiger partial charge in [-0.25, -0.2) is 13.2 Å². The van der Waals surface area contributed by atoms with E-state index in [1.165, 1.54) is 42.1 Å². The van der Waals surface area contributed by atoms with Crippen LogP contribution in [0.5, 0.6) is 11.5 Å². The summed E-state index contributed by atoms with van der Waals surface area (Å²) < 4.78 is 34.9. The Kier molecular flexibility index (Phi) is 14.6. The number of hydrogen-bond donors (Lipinski definition) is 4. The van der Waals surface area contributed by atoms with Crippen LogP contribution in [-0.4, -0.2) is 67.6 Å². The Bertz CT molecular complexity index is 1810. The zero-order valence-corrected chi connectivity index (χ0v) is 32.9. The van der Waals surface area contributed by atoms with Gasteiger partial charge in [0.2, 0.25) is 5.91 Å². The van der Waals surface area contributed by atoms with Crippen LogP contribution in [0.1, 0.15) is 84.2 Å². The van der Waals surface area contributed by atoms with E-state index in [2.05, 4.69) is 29.4 Å². The Morgan fingerprint density at radius 1 is 0.962 bits per heavy atom. The molecule has 11 nitrogen and oxygen atoms in total. The maximum Gasteiger partial charge on any atom is 0.326 e. The number of thioether (sulfide) groups is 1. The van der Waals surface area contributed by atoms with E-state index in [4.69, 9.17) is 4.74 Å². The van der Waals surface area contributed by atoms with E-state index in [1.807, 2.05) is 56.5 Å². The van der Waals surface area contributed by atoms with Gasteiger partial charge < -0.3 is 30.5 Å². The fraction of sp³-hybridized carbons (Fsp3) is 0.475. The summed E-state index contributed by atoms with van der Waals surface area (Å²) in [5.74, 6) is -2.50. The molecule has 288 valence electrons. The van der Waals surface area contributed by atoms with E-state index in [-0.39, 0.29) is 34.5 Å². The summed E-state index contributed by atoms with van der Waals surface area (Å²) in [7, 11) is -3.82. The third kappa shape index (κ3) is 10.9. The highest BCUT2D eigenvalue weighted by Gasteiger charge is 2.42. The van der Waals surface area contributed by atoms with E-state index < -0.39 is 51.7 Å². The first kappa shape index (κ1) is 41.5. The molecule has 1 aliphatic rings. The Labute approximate surface area is 317 Å². The lowest BCUT2D eigenvalue weighted by molar-refractivity contribution is -0.142. The number of carbonyl (C=O) groups excluding carboxylic acids is 2. The monoisotopic (exact) mass is 767 g/mol. The number of nitrogens with zero attached hydrogens (tertiary/aromatic N) is 1. The standard InChI is InChI=1S/C40H53N3O8S2/c1-6-8-19-40(20-9-7-2)25-43(29-13-11-10-12-14-29)32-22-34(52-5)33(23-35(32)53(49,50)26-40)51-24-36(45)42-37(28-15-17-30(44)18-16-28)38(46)41-31(39(47)48)21-27(3)4/h10-18,22-23,27,31,37,44H,6-9,19-21,24-26H2,1-5H3,(H,41,46)(H,42,45)(H,47,48)/t31-,37+/m0/s1. The van der Waals surface area contributed by atoms with Crippen LogP contribution in [0.15, 0.2) is 76.5 Å². The number of amides is 2. The first-order chi connectivity index (χ1) is 25.2. The van der Waals surface area contributed by atoms with Crippen molar-refractivity contribution in [2.75, 3.05) is 30.1 Å². The molecule has 0 saturated carbocycles. The van der Waals surface area contributed by atoms with Gasteiger partial charge in [-0.2, -0.15) is 0 Å². The minimum atomic E-state index is -3.82. The van der Waals surface area contributed by atoms with Gasteiger partial charge >= 0.3 is 5.97 Å². The van der Waals surface area contributed by atoms with Crippen molar-refractivity contribution in [1.29, 1.82) is 0 Å². The lowest BCUT2D eigenvalue weighted by Crippen LogP contribution is -2.48. The molecule has 2 atom stereocenters. The van der Waals surface area contributed by atoms with Crippen molar-refractivity contribution in [2.24, 2.45) is 11.3 Å². The predicted molar refractivity (Wildman–Crippen MR) is 209 cm³/mol. The van der Waals surface area contributed by atoms with Crippen LogP contribution in [0.25, 0.3) is 0 Å². The number of para-hydroxylation sites is 1. The molecule has 4 rings (SSSR count). The number of carboxylic acids is 1. The number of carboxylic acid groups (broad SMARTS) is 1. The van der Waals surface area contributed by atoms with Gasteiger partial charge in [0.1, 0.15) is 23.6 Å². The van der Waals surface area contributed by atoms with E-state index in [0.717, 1.165) is 44.2 Å². The maximum atomic E-state index is 14.4. The molecule has 0 aliphatic carbocycles. The van der Waals surface area contributed by atoms with Crippen molar-refractivity contribution < 1.29 is 37.8 Å². The average Bonchev–Trinajstić information content (AvgIpc) is 3.22. The molecule has 1 aliphatic heterocycles. The van der Waals surface area contributed by atoms with Gasteiger partial charge in [0.05, 0.1) is 21.2 Å². The number of aliphatic carboxylic acids is 1. The van der Waals surface area contributed by atoms with Gasteiger partial charge in [0, 0.05) is 23.7 Å². The van der Waals surface area contributed by atoms with Crippen LogP contribution in [-0.2, 0) is 24.2 Å². The molecule has 3 aromatic rings. The topological polar surface area (TPSA) is 162 Å². The molecule has 4 N–H and O–H groups in total. The van der Waals surface area contributed by atoms with Gasteiger partial charge in [-0.3, -0.25) is 9.59 Å². The summed E-state index contributed by atoms with van der Waals surface area (Å²) in [6, 6.07) is 16.3. The third-order valence-electron chi connectivity index (χ3n) is 9.52. The Morgan fingerprint density at radius 3 is 2.17 bits per heavy atom. The van der Waals surface area contributed by atoms with E-state index in [1.54, 1.807) is 0 Å². The molecule has 1 heterocycles. The minimum Gasteiger partial charge on any atom is -0.508 e. The van der Waals surface area contributed by atoms with Crippen LogP contribution in [0.3, 0.4) is 0 Å². The molecule has 0 aromatic heterocycles. The lowest BCUT2D eigenvalue weighted by atomic mass is 9.79. The minimum absolute atomic E-state index is 0.00750. The number of phenolic OH excluding ortho intramolecular Hbond substituents is 1. The summed E-state index contributed by atoms with van der Waals surface area (Å²) in [6.07, 6.45) is 7.32. The van der Waals surface area contributed by atoms with Gasteiger partial charge in [-0.05, 0) is 67.3 Å². The molecule has 0 fully saturated rings. The van der Waals surface area contributed by atoms with Crippen LogP contribution in [0, 0.1) is 11.3 Å². The zero-order valence-electron chi connectivity index (χ0n) is 31.3. The van der Waals surface area contributed by atoms with E-state index in [0.29, 0.717) is 22.7 Å². The number of unbranched alkanes of at least 4 members (excludes halogenated alkanes) is 2. The number of hydrogen-bond acceptors (Lipinski definition) is 9. The summed E-state index contributed by atoms with van der Waals surface area (Å²) in [6.45, 7) is 7.90. The summed E-state index contributed by atoms with van der Waals surface area (Å²) in [5, 5.41) is 24.7. The fourth-order valence-electron chi connectivity index (χ4n) is 6.84. The SMILES string of the molecule is CCCCC1(CCCC)CN(c2ccccc2)c2cc(SC)c(OCC(=O)N[C@@H](C(=O)N[C@@H](CC(C)C)C(=O)O)c3ccc(O)cc3)cc2S(=O)(=O)C1. The van der Waals surface area contributed by atoms with E-state index in [9.17, 15) is 33.0 Å². The molecule has 0 bridgehead atoms. The number of sulfone groups is 1. The average molecular weight is 768 g/mol. The molecular formula is C40H53N3O8S2. The number of benzene rings is 3. The number of anilines is 2. The highest BCUT2D eigenvalue weighted by atomic mass is 32.2. The first-order valence-corrected chi connectivity index (χ1v) is 21.1. The quantitative estimate of drug-likeness (QED) is 0.0970. The number of fused-ring (bicyclic) bond motifs is 1. The molecule has 0 radical (unpaired) electrons. The highest BCUT2D eigenvalue weighted by molar-refractivity contribution is 7.98. The van der Waals surface area contributed by atoms with Crippen LogP contribution in [0.4, 0.5) is 11.4 Å². The first-order valence-electron chi connectivity index (χ1n) is 18.2. The molecule has 3 aromatic carbocycles. The number of rotatable bonds is 18. The smallest absolute Gasteiger partial charge is 0.326 e. The highest BCUT2D eigenvalue weighted by Crippen LogP contribution is 2.47. The van der Waals surface area contributed by atoms with Gasteiger partial charge in [0.15, 0.2) is 16.4 Å². The normalized spacial score (nSPS) is 15.8. The van der Waals surface area contributed by atoms with Crippen molar-refractivity contribution >= 4 is 50.8 Å². The number of nitrogens with one attached hydrogen (secondary N) is 2. The third-order valence-corrected chi connectivity index (χ3v) is 12.3. The Hall–Kier alpha value is -4.23. The number of ether oxygens (including phenoxy) is 1. The summed E-state index contributed by atoms with van der Waals surface area (Å²) in [5.41, 5.74) is 1.30. The van der Waals surface area contributed by atoms with Gasteiger partial charge in [-0.15, -0.1) is 11.8 Å². The second-order valence-electron chi connectivity index (χ2n) is 14.3. The van der Waals surface area contributed by atoms with Crippen molar-refractivity contribution in [3.63, 3.8) is 0 Å². The lowest BCUT2D eigenvalue weighted by Gasteiger charge is -2.37. The molecular weight excluding hydrogens is 715 g/mol. The number of carbonyl (C=O) groups is 3. The van der Waals surface area contributed by atoms with Crippen molar-refractivity contribution in [3.8, 4) is 11.5 Å². The van der Waals surface area contributed by atoms with Gasteiger partial charge in [0.25, 0.3) is 5.91 Å². The fourth-order valence-corrected chi connectivity index (χ4v) is 9.50. The summed E-state index contributed by atoms with van der Waals surface area (Å²) in [4.78, 5) is 41.7. The van der Waals surface area contributed by atoms with Crippen LogP contribution >= 0.6 is 11.8 Å². The Balaban J connectivity index is 1.68. The van der Waals surface area contributed by atoms with Gasteiger partial charge in [-0.1, -0.05) is 83.7 Å². The van der Waals surface area contributed by atoms with Crippen molar-refractivity contribution in [1.82, 2.24) is 10.6 Å². The molecule has 53 heavy (non-hydrogen) atoms. The van der Waals surface area contributed by atoms with Crippen LogP contribution in [0.2, 0.25) is 0 Å². The van der Waals surface area contributed by atoms with Crippen LogP contribution < -0.4 is 20.3 Å². The zero-order chi connectivity index (χ0) is 38.8. The second-order valence-corrected chi connectivity index (χ2v) is 17.1. The summed E-state index contributed by atoms with van der Waals surface area (Å²) >= 11 is 1.36. The molecule has 2 amide bonds. The van der Waals surface area contributed by atoms with Crippen molar-refractivity contribution in [3.05, 3.63) is 72.3 Å². The largest absolute Gasteiger partial charge is 0.508 e. The predicted octanol–water partition coefficient (Wildman–Crippen LogP) is 7.26. The number of phenols is 1. The van der Waals surface area contributed by atoms with Crippen molar-refractivity contribution in [2.45, 2.75) is 94.5 Å². The molecule has 13 heteroatoms. The molecule has 0 saturated heterocycles. The van der Waals surface area contributed by atoms with E-state index >= 15 is 0 Å². The Morgan fingerprint density at radius 2 is 1.60 bits per heavy atom. The molecule has 0 unspecified atom stereocenters. The molecule has 0 spiro atoms. The maximum absolute atomic E-state index is 14.4. The number of aromatic hydroxyl groups is 1. The second kappa shape index (κ2) is 18.7.